The monoisotopic (exact) mass is 354 g/mol. The molecule has 1 fully saturated rings. The molecule has 0 amide bonds. The second-order valence-electron chi connectivity index (χ2n) is 7.46. The van der Waals surface area contributed by atoms with Gasteiger partial charge in [-0.3, -0.25) is 0 Å². The van der Waals surface area contributed by atoms with E-state index in [1.807, 2.05) is 0 Å². The van der Waals surface area contributed by atoms with Crippen molar-refractivity contribution < 1.29 is 0 Å². The van der Waals surface area contributed by atoms with E-state index < -0.39 is 0 Å². The molecule has 4 nitrogen and oxygen atoms in total. The number of rotatable bonds is 3. The lowest BCUT2D eigenvalue weighted by atomic mass is 9.81. The zero-order valence-electron chi connectivity index (χ0n) is 14.4. The average molecular weight is 355 g/mol. The highest BCUT2D eigenvalue weighted by atomic mass is 35.5. The van der Waals surface area contributed by atoms with E-state index in [0.717, 1.165) is 43.4 Å². The van der Waals surface area contributed by atoms with Crippen LogP contribution in [0.5, 0.6) is 0 Å². The van der Waals surface area contributed by atoms with E-state index in [4.69, 9.17) is 22.3 Å². The summed E-state index contributed by atoms with van der Waals surface area (Å²) in [6.07, 6.45) is 9.03. The highest BCUT2D eigenvalue weighted by Crippen LogP contribution is 2.35. The minimum atomic E-state index is -0.113. The van der Waals surface area contributed by atoms with Gasteiger partial charge in [-0.2, -0.15) is 0 Å². The summed E-state index contributed by atoms with van der Waals surface area (Å²) in [5, 5.41) is 4.05. The van der Waals surface area contributed by atoms with Crippen LogP contribution in [-0.2, 0) is 6.42 Å². The molecule has 0 aliphatic heterocycles. The van der Waals surface area contributed by atoms with Crippen LogP contribution in [0.3, 0.4) is 0 Å². The Morgan fingerprint density at radius 1 is 1.32 bits per heavy atom. The van der Waals surface area contributed by atoms with E-state index in [-0.39, 0.29) is 5.54 Å². The molecule has 2 aliphatic carbocycles. The Hall–Kier alpha value is -1.91. The first-order valence-corrected chi connectivity index (χ1v) is 9.26. The second-order valence-corrected chi connectivity index (χ2v) is 7.87. The van der Waals surface area contributed by atoms with E-state index in [1.165, 1.54) is 11.1 Å². The first-order chi connectivity index (χ1) is 12.0. The van der Waals surface area contributed by atoms with Crippen molar-refractivity contribution in [3.63, 3.8) is 0 Å². The van der Waals surface area contributed by atoms with Gasteiger partial charge in [-0.05, 0) is 50.2 Å². The van der Waals surface area contributed by atoms with Crippen LogP contribution in [0.4, 0.5) is 5.95 Å². The number of allylic oxidation sites excluding steroid dienone is 1. The maximum Gasteiger partial charge on any atom is 0.223 e. The molecule has 25 heavy (non-hydrogen) atoms. The maximum absolute atomic E-state index is 6.42. The number of anilines is 1. The Morgan fingerprint density at radius 3 is 3.00 bits per heavy atom. The predicted octanol–water partition coefficient (Wildman–Crippen LogP) is 4.19. The van der Waals surface area contributed by atoms with Crippen LogP contribution < -0.4 is 11.1 Å². The molecule has 1 aromatic heterocycles. The molecule has 4 rings (SSSR count). The Kier molecular flexibility index (Phi) is 4.26. The number of nitrogens with one attached hydrogen (secondary N) is 1. The fourth-order valence-corrected chi connectivity index (χ4v) is 4.15. The quantitative estimate of drug-likeness (QED) is 0.867. The van der Waals surface area contributed by atoms with Gasteiger partial charge in [0.1, 0.15) is 0 Å². The second kappa shape index (κ2) is 6.43. The SMILES string of the molecule is C[C@]1(N)CCC[C@@H](Nc2ncc(Cl)c(C3=CCc4ccccc43)n2)C1. The Morgan fingerprint density at radius 2 is 2.16 bits per heavy atom. The van der Waals surface area contributed by atoms with Gasteiger partial charge in [-0.1, -0.05) is 41.9 Å². The van der Waals surface area contributed by atoms with Gasteiger partial charge >= 0.3 is 0 Å². The van der Waals surface area contributed by atoms with Crippen LogP contribution in [-0.4, -0.2) is 21.5 Å². The van der Waals surface area contributed by atoms with Crippen molar-refractivity contribution in [2.75, 3.05) is 5.32 Å². The minimum absolute atomic E-state index is 0.113. The molecule has 1 saturated carbocycles. The molecule has 5 heteroatoms. The largest absolute Gasteiger partial charge is 0.351 e. The van der Waals surface area contributed by atoms with E-state index >= 15 is 0 Å². The van der Waals surface area contributed by atoms with Crippen LogP contribution >= 0.6 is 11.6 Å². The molecular formula is C20H23ClN4. The zero-order valence-corrected chi connectivity index (χ0v) is 15.2. The predicted molar refractivity (Wildman–Crippen MR) is 103 cm³/mol. The number of fused-ring (bicyclic) bond motifs is 1. The number of hydrogen-bond donors (Lipinski definition) is 2. The molecule has 0 spiro atoms. The topological polar surface area (TPSA) is 63.8 Å². The standard InChI is InChI=1S/C20H23ClN4/c1-20(22)10-4-6-14(11-20)24-19-23-12-17(21)18(25-19)16-9-8-13-5-2-3-7-15(13)16/h2-3,5,7,9,12,14H,4,6,8,10-11,22H2,1H3,(H,23,24,25)/t14-,20+/m1/s1. The molecule has 1 heterocycles. The zero-order chi connectivity index (χ0) is 17.4. The summed E-state index contributed by atoms with van der Waals surface area (Å²) in [5.41, 5.74) is 10.6. The molecule has 3 N–H and O–H groups in total. The minimum Gasteiger partial charge on any atom is -0.351 e. The summed E-state index contributed by atoms with van der Waals surface area (Å²) in [4.78, 5) is 9.12. The average Bonchev–Trinajstić information content (AvgIpc) is 3.00. The normalized spacial score (nSPS) is 25.4. The fraction of sp³-hybridized carbons (Fsp3) is 0.400. The highest BCUT2D eigenvalue weighted by Gasteiger charge is 2.29. The lowest BCUT2D eigenvalue weighted by Crippen LogP contribution is -2.45. The van der Waals surface area contributed by atoms with E-state index in [0.29, 0.717) is 17.0 Å². The summed E-state index contributed by atoms with van der Waals surface area (Å²) in [5.74, 6) is 0.632. The molecule has 2 aliphatic rings. The Labute approximate surface area is 153 Å². The summed E-state index contributed by atoms with van der Waals surface area (Å²) in [6, 6.07) is 8.70. The van der Waals surface area contributed by atoms with Gasteiger partial charge in [0, 0.05) is 17.2 Å². The van der Waals surface area contributed by atoms with E-state index in [9.17, 15) is 0 Å². The molecule has 0 bridgehead atoms. The molecule has 2 aromatic rings. The number of hydrogen-bond acceptors (Lipinski definition) is 4. The van der Waals surface area contributed by atoms with Crippen molar-refractivity contribution in [3.05, 3.63) is 58.4 Å². The summed E-state index contributed by atoms with van der Waals surface area (Å²) in [7, 11) is 0. The lowest BCUT2D eigenvalue weighted by molar-refractivity contribution is 0.302. The third-order valence-electron chi connectivity index (χ3n) is 5.18. The van der Waals surface area contributed by atoms with E-state index in [2.05, 4.69) is 47.6 Å². The number of halogens is 1. The molecule has 0 saturated heterocycles. The maximum atomic E-state index is 6.42. The Balaban J connectivity index is 1.60. The van der Waals surface area contributed by atoms with E-state index in [1.54, 1.807) is 6.20 Å². The number of nitrogens with zero attached hydrogens (tertiary/aromatic N) is 2. The van der Waals surface area contributed by atoms with Crippen molar-refractivity contribution in [3.8, 4) is 0 Å². The van der Waals surface area contributed by atoms with Gasteiger partial charge in [0.15, 0.2) is 0 Å². The number of benzene rings is 1. The van der Waals surface area contributed by atoms with Crippen LogP contribution in [0.1, 0.15) is 49.4 Å². The smallest absolute Gasteiger partial charge is 0.223 e. The van der Waals surface area contributed by atoms with Crippen molar-refractivity contribution in [1.29, 1.82) is 0 Å². The third kappa shape index (κ3) is 3.42. The molecule has 2 atom stereocenters. The van der Waals surface area contributed by atoms with Gasteiger partial charge in [-0.25, -0.2) is 9.97 Å². The molecule has 130 valence electrons. The van der Waals surface area contributed by atoms with Gasteiger partial charge in [0.2, 0.25) is 5.95 Å². The number of aromatic nitrogens is 2. The van der Waals surface area contributed by atoms with Gasteiger partial charge < -0.3 is 11.1 Å². The van der Waals surface area contributed by atoms with Crippen LogP contribution in [0.25, 0.3) is 5.57 Å². The van der Waals surface area contributed by atoms with Crippen molar-refractivity contribution in [1.82, 2.24) is 9.97 Å². The Bertz CT molecular complexity index is 828. The first-order valence-electron chi connectivity index (χ1n) is 8.89. The molecule has 0 unspecified atom stereocenters. The molecule has 0 radical (unpaired) electrons. The van der Waals surface area contributed by atoms with Crippen LogP contribution in [0, 0.1) is 0 Å². The fourth-order valence-electron chi connectivity index (χ4n) is 3.96. The third-order valence-corrected chi connectivity index (χ3v) is 5.46. The van der Waals surface area contributed by atoms with Crippen LogP contribution in [0.2, 0.25) is 5.02 Å². The summed E-state index contributed by atoms with van der Waals surface area (Å²) in [6.45, 7) is 2.12. The summed E-state index contributed by atoms with van der Waals surface area (Å²) < 4.78 is 0. The van der Waals surface area contributed by atoms with Gasteiger partial charge in [0.25, 0.3) is 0 Å². The molecule has 1 aromatic carbocycles. The molecular weight excluding hydrogens is 332 g/mol. The van der Waals surface area contributed by atoms with Crippen LogP contribution in [0.15, 0.2) is 36.5 Å². The van der Waals surface area contributed by atoms with Crippen molar-refractivity contribution >= 4 is 23.1 Å². The van der Waals surface area contributed by atoms with Gasteiger partial charge in [-0.15, -0.1) is 0 Å². The number of nitrogens with two attached hydrogens (primary N) is 1. The lowest BCUT2D eigenvalue weighted by Gasteiger charge is -2.35. The first kappa shape index (κ1) is 16.6. The summed E-state index contributed by atoms with van der Waals surface area (Å²) >= 11 is 6.42. The van der Waals surface area contributed by atoms with Crippen molar-refractivity contribution in [2.45, 2.75) is 50.6 Å². The van der Waals surface area contributed by atoms with Crippen molar-refractivity contribution in [2.24, 2.45) is 5.73 Å². The van der Waals surface area contributed by atoms with Gasteiger partial charge in [0.05, 0.1) is 16.9 Å². The highest BCUT2D eigenvalue weighted by molar-refractivity contribution is 6.32.